The van der Waals surface area contributed by atoms with Gasteiger partial charge in [-0.15, -0.1) is 12.4 Å². The van der Waals surface area contributed by atoms with Crippen molar-refractivity contribution in [1.82, 2.24) is 15.3 Å². The molecule has 80 valence electrons. The quantitative estimate of drug-likeness (QED) is 0.834. The maximum Gasteiger partial charge on any atom is 0.222 e. The monoisotopic (exact) mass is 236 g/mol. The standard InChI is InChI=1S/C8H13ClN4.ClH/c1-6(10-2)3-11-8-12-4-7(9)5-13-8;/h4-6,10H,3H2,1-2H3,(H,11,12,13);1H. The van der Waals surface area contributed by atoms with Crippen molar-refractivity contribution in [2.24, 2.45) is 0 Å². The number of halogens is 2. The average molecular weight is 237 g/mol. The fourth-order valence-corrected chi connectivity index (χ4v) is 0.848. The van der Waals surface area contributed by atoms with Crippen LogP contribution >= 0.6 is 24.0 Å². The highest BCUT2D eigenvalue weighted by Gasteiger charge is 1.99. The highest BCUT2D eigenvalue weighted by molar-refractivity contribution is 6.30. The summed E-state index contributed by atoms with van der Waals surface area (Å²) in [7, 11) is 1.91. The molecular formula is C8H14Cl2N4. The van der Waals surface area contributed by atoms with Crippen molar-refractivity contribution in [3.63, 3.8) is 0 Å². The minimum Gasteiger partial charge on any atom is -0.353 e. The van der Waals surface area contributed by atoms with Crippen LogP contribution < -0.4 is 10.6 Å². The first-order chi connectivity index (χ1) is 6.22. The number of hydrogen-bond acceptors (Lipinski definition) is 4. The Bertz CT molecular complexity index is 252. The van der Waals surface area contributed by atoms with E-state index in [4.69, 9.17) is 11.6 Å². The first-order valence-electron chi connectivity index (χ1n) is 4.11. The van der Waals surface area contributed by atoms with Gasteiger partial charge in [0.25, 0.3) is 0 Å². The Kier molecular flexibility index (Phi) is 6.53. The van der Waals surface area contributed by atoms with Gasteiger partial charge in [-0.25, -0.2) is 9.97 Å². The summed E-state index contributed by atoms with van der Waals surface area (Å²) in [6, 6.07) is 0.388. The van der Waals surface area contributed by atoms with E-state index < -0.39 is 0 Å². The van der Waals surface area contributed by atoms with E-state index >= 15 is 0 Å². The number of anilines is 1. The third-order valence-corrected chi connectivity index (χ3v) is 1.87. The van der Waals surface area contributed by atoms with Crippen molar-refractivity contribution in [2.75, 3.05) is 18.9 Å². The summed E-state index contributed by atoms with van der Waals surface area (Å²) in [6.07, 6.45) is 3.14. The topological polar surface area (TPSA) is 49.8 Å². The van der Waals surface area contributed by atoms with Crippen molar-refractivity contribution < 1.29 is 0 Å². The van der Waals surface area contributed by atoms with Gasteiger partial charge in [-0.05, 0) is 14.0 Å². The third-order valence-electron chi connectivity index (χ3n) is 1.68. The van der Waals surface area contributed by atoms with E-state index in [0.717, 1.165) is 6.54 Å². The molecule has 1 aromatic heterocycles. The molecule has 4 nitrogen and oxygen atoms in total. The van der Waals surface area contributed by atoms with E-state index in [-0.39, 0.29) is 12.4 Å². The summed E-state index contributed by atoms with van der Waals surface area (Å²) in [4.78, 5) is 8.01. The molecule has 1 aromatic rings. The summed E-state index contributed by atoms with van der Waals surface area (Å²) >= 11 is 5.64. The zero-order chi connectivity index (χ0) is 9.68. The molecule has 0 fully saturated rings. The van der Waals surface area contributed by atoms with E-state index in [1.807, 2.05) is 7.05 Å². The number of hydrogen-bond donors (Lipinski definition) is 2. The molecule has 0 saturated heterocycles. The molecule has 0 bridgehead atoms. The van der Waals surface area contributed by atoms with E-state index in [1.165, 1.54) is 0 Å². The lowest BCUT2D eigenvalue weighted by Crippen LogP contribution is -2.29. The van der Waals surface area contributed by atoms with Crippen LogP contribution in [0.15, 0.2) is 12.4 Å². The molecule has 0 saturated carbocycles. The Balaban J connectivity index is 0.00000169. The highest BCUT2D eigenvalue weighted by Crippen LogP contribution is 2.05. The van der Waals surface area contributed by atoms with Gasteiger partial charge in [0.15, 0.2) is 0 Å². The predicted octanol–water partition coefficient (Wildman–Crippen LogP) is 1.57. The molecule has 0 aromatic carbocycles. The lowest BCUT2D eigenvalue weighted by Gasteiger charge is -2.10. The van der Waals surface area contributed by atoms with Crippen LogP contribution in [-0.2, 0) is 0 Å². The number of aromatic nitrogens is 2. The van der Waals surface area contributed by atoms with Gasteiger partial charge in [0, 0.05) is 12.6 Å². The highest BCUT2D eigenvalue weighted by atomic mass is 35.5. The van der Waals surface area contributed by atoms with Crippen molar-refractivity contribution in [3.8, 4) is 0 Å². The van der Waals surface area contributed by atoms with E-state index in [9.17, 15) is 0 Å². The Morgan fingerprint density at radius 3 is 2.50 bits per heavy atom. The van der Waals surface area contributed by atoms with E-state index in [0.29, 0.717) is 17.0 Å². The van der Waals surface area contributed by atoms with Gasteiger partial charge in [-0.3, -0.25) is 0 Å². The molecule has 1 heterocycles. The minimum atomic E-state index is 0. The van der Waals surface area contributed by atoms with E-state index in [1.54, 1.807) is 12.4 Å². The van der Waals surface area contributed by atoms with Crippen LogP contribution in [0.3, 0.4) is 0 Å². The summed E-state index contributed by atoms with van der Waals surface area (Å²) in [5.74, 6) is 0.603. The van der Waals surface area contributed by atoms with Crippen LogP contribution in [0.5, 0.6) is 0 Å². The van der Waals surface area contributed by atoms with Crippen molar-refractivity contribution in [3.05, 3.63) is 17.4 Å². The van der Waals surface area contributed by atoms with Gasteiger partial charge >= 0.3 is 0 Å². The molecule has 0 radical (unpaired) electrons. The molecule has 0 aliphatic heterocycles. The molecule has 14 heavy (non-hydrogen) atoms. The number of nitrogens with one attached hydrogen (secondary N) is 2. The number of rotatable bonds is 4. The Morgan fingerprint density at radius 2 is 2.00 bits per heavy atom. The smallest absolute Gasteiger partial charge is 0.222 e. The predicted molar refractivity (Wildman–Crippen MR) is 61.3 cm³/mol. The molecule has 1 unspecified atom stereocenters. The summed E-state index contributed by atoms with van der Waals surface area (Å²) in [5, 5.41) is 6.73. The van der Waals surface area contributed by atoms with E-state index in [2.05, 4.69) is 27.5 Å². The Labute approximate surface area is 94.9 Å². The van der Waals surface area contributed by atoms with Crippen LogP contribution in [0, 0.1) is 0 Å². The fraction of sp³-hybridized carbons (Fsp3) is 0.500. The largest absolute Gasteiger partial charge is 0.353 e. The van der Waals surface area contributed by atoms with Gasteiger partial charge < -0.3 is 10.6 Å². The molecule has 0 spiro atoms. The Morgan fingerprint density at radius 1 is 1.43 bits per heavy atom. The second-order valence-electron chi connectivity index (χ2n) is 2.80. The average Bonchev–Trinajstić information content (AvgIpc) is 2.16. The minimum absolute atomic E-state index is 0. The lowest BCUT2D eigenvalue weighted by molar-refractivity contribution is 0.636. The SMILES string of the molecule is CNC(C)CNc1ncc(Cl)cn1.Cl. The van der Waals surface area contributed by atoms with Crippen LogP contribution in [0.1, 0.15) is 6.92 Å². The summed E-state index contributed by atoms with van der Waals surface area (Å²) < 4.78 is 0. The molecule has 1 rings (SSSR count). The second kappa shape index (κ2) is 6.81. The van der Waals surface area contributed by atoms with Gasteiger partial charge in [0.05, 0.1) is 17.4 Å². The van der Waals surface area contributed by atoms with Crippen molar-refractivity contribution in [2.45, 2.75) is 13.0 Å². The fourth-order valence-electron chi connectivity index (χ4n) is 0.750. The van der Waals surface area contributed by atoms with Crippen LogP contribution in [0.4, 0.5) is 5.95 Å². The van der Waals surface area contributed by atoms with Crippen LogP contribution in [0.2, 0.25) is 5.02 Å². The molecule has 0 aliphatic rings. The Hall–Kier alpha value is -0.580. The number of likely N-dealkylation sites (N-methyl/N-ethyl adjacent to an activating group) is 1. The first-order valence-corrected chi connectivity index (χ1v) is 4.49. The van der Waals surface area contributed by atoms with Gasteiger partial charge in [-0.2, -0.15) is 0 Å². The summed E-state index contributed by atoms with van der Waals surface area (Å²) in [6.45, 7) is 2.86. The zero-order valence-electron chi connectivity index (χ0n) is 8.12. The maximum absolute atomic E-state index is 5.64. The lowest BCUT2D eigenvalue weighted by atomic mass is 10.3. The van der Waals surface area contributed by atoms with Crippen LogP contribution in [-0.4, -0.2) is 29.6 Å². The number of nitrogens with zero attached hydrogens (tertiary/aromatic N) is 2. The van der Waals surface area contributed by atoms with Crippen LogP contribution in [0.25, 0.3) is 0 Å². The molecule has 0 amide bonds. The van der Waals surface area contributed by atoms with Gasteiger partial charge in [-0.1, -0.05) is 11.6 Å². The molecule has 6 heteroatoms. The van der Waals surface area contributed by atoms with Gasteiger partial charge in [0.1, 0.15) is 0 Å². The summed E-state index contributed by atoms with van der Waals surface area (Å²) in [5.41, 5.74) is 0. The second-order valence-corrected chi connectivity index (χ2v) is 3.23. The first kappa shape index (κ1) is 13.4. The molecule has 2 N–H and O–H groups in total. The van der Waals surface area contributed by atoms with Gasteiger partial charge in [0.2, 0.25) is 5.95 Å². The molecule has 1 atom stereocenters. The molecular weight excluding hydrogens is 223 g/mol. The zero-order valence-corrected chi connectivity index (χ0v) is 9.69. The normalized spacial score (nSPS) is 11.6. The third kappa shape index (κ3) is 4.60. The molecule has 0 aliphatic carbocycles. The maximum atomic E-state index is 5.64. The van der Waals surface area contributed by atoms with Crippen molar-refractivity contribution in [1.29, 1.82) is 0 Å². The van der Waals surface area contributed by atoms with Crippen molar-refractivity contribution >= 4 is 30.0 Å².